The smallest absolute Gasteiger partial charge is 0.337 e. The Balaban J connectivity index is 1.90. The standard InChI is InChI=1S/C14H10N2O2S2/c15-10-7-8(5-6-9(10)13(17)18)19-14-16-11-3-1-2-4-12(11)20-14/h1-7H,15H2,(H,17,18). The second kappa shape index (κ2) is 5.15. The van der Waals surface area contributed by atoms with Crippen molar-refractivity contribution in [1.82, 2.24) is 4.98 Å². The maximum Gasteiger partial charge on any atom is 0.337 e. The number of para-hydroxylation sites is 1. The third-order valence-corrected chi connectivity index (χ3v) is 4.82. The van der Waals surface area contributed by atoms with Gasteiger partial charge in [0.2, 0.25) is 0 Å². The van der Waals surface area contributed by atoms with Crippen molar-refractivity contribution in [2.45, 2.75) is 9.24 Å². The van der Waals surface area contributed by atoms with E-state index in [-0.39, 0.29) is 11.3 Å². The SMILES string of the molecule is Nc1cc(Sc2nc3ccccc3s2)ccc1C(=O)O. The fourth-order valence-corrected chi connectivity index (χ4v) is 3.88. The summed E-state index contributed by atoms with van der Waals surface area (Å²) < 4.78 is 2.04. The quantitative estimate of drug-likeness (QED) is 0.721. The summed E-state index contributed by atoms with van der Waals surface area (Å²) in [4.78, 5) is 16.3. The number of aromatic nitrogens is 1. The number of nitrogens with zero attached hydrogens (tertiary/aromatic N) is 1. The van der Waals surface area contributed by atoms with Crippen LogP contribution in [0.5, 0.6) is 0 Å². The van der Waals surface area contributed by atoms with Crippen LogP contribution >= 0.6 is 23.1 Å². The molecule has 0 radical (unpaired) electrons. The molecule has 20 heavy (non-hydrogen) atoms. The van der Waals surface area contributed by atoms with Crippen LogP contribution in [0, 0.1) is 0 Å². The first kappa shape index (κ1) is 13.0. The van der Waals surface area contributed by atoms with Crippen molar-refractivity contribution in [2.24, 2.45) is 0 Å². The number of hydrogen-bond acceptors (Lipinski definition) is 5. The van der Waals surface area contributed by atoms with Crippen LogP contribution in [0.15, 0.2) is 51.7 Å². The summed E-state index contributed by atoms with van der Waals surface area (Å²) in [6, 6.07) is 12.9. The van der Waals surface area contributed by atoms with Crippen LogP contribution in [0.3, 0.4) is 0 Å². The van der Waals surface area contributed by atoms with E-state index in [1.54, 1.807) is 23.5 Å². The summed E-state index contributed by atoms with van der Waals surface area (Å²) in [6.07, 6.45) is 0. The molecule has 0 atom stereocenters. The number of carbonyl (C=O) groups is 1. The summed E-state index contributed by atoms with van der Waals surface area (Å²) in [5.74, 6) is -1.01. The predicted octanol–water partition coefficient (Wildman–Crippen LogP) is 3.73. The second-order valence-corrected chi connectivity index (χ2v) is 6.46. The minimum Gasteiger partial charge on any atom is -0.478 e. The molecule has 3 aromatic rings. The number of thiazole rings is 1. The van der Waals surface area contributed by atoms with Crippen LogP contribution in [0.4, 0.5) is 5.69 Å². The number of nitrogens with two attached hydrogens (primary N) is 1. The number of rotatable bonds is 3. The number of carboxylic acids is 1. The predicted molar refractivity (Wildman–Crippen MR) is 81.6 cm³/mol. The summed E-state index contributed by atoms with van der Waals surface area (Å²) in [5.41, 5.74) is 7.10. The third-order valence-electron chi connectivity index (χ3n) is 2.73. The van der Waals surface area contributed by atoms with Crippen molar-refractivity contribution in [3.05, 3.63) is 48.0 Å². The topological polar surface area (TPSA) is 76.2 Å². The van der Waals surface area contributed by atoms with Gasteiger partial charge in [0.25, 0.3) is 0 Å². The van der Waals surface area contributed by atoms with E-state index < -0.39 is 5.97 Å². The van der Waals surface area contributed by atoms with Crippen molar-refractivity contribution < 1.29 is 9.90 Å². The molecular weight excluding hydrogens is 292 g/mol. The lowest BCUT2D eigenvalue weighted by atomic mass is 10.2. The molecule has 4 nitrogen and oxygen atoms in total. The lowest BCUT2D eigenvalue weighted by Gasteiger charge is -2.03. The van der Waals surface area contributed by atoms with Gasteiger partial charge in [-0.25, -0.2) is 9.78 Å². The summed E-state index contributed by atoms with van der Waals surface area (Å²) in [6.45, 7) is 0. The van der Waals surface area contributed by atoms with Gasteiger partial charge >= 0.3 is 5.97 Å². The largest absolute Gasteiger partial charge is 0.478 e. The zero-order valence-electron chi connectivity index (χ0n) is 10.2. The van der Waals surface area contributed by atoms with Crippen molar-refractivity contribution in [3.8, 4) is 0 Å². The molecular formula is C14H10N2O2S2. The summed E-state index contributed by atoms with van der Waals surface area (Å²) in [5, 5.41) is 8.94. The average Bonchev–Trinajstić information content (AvgIpc) is 2.80. The number of fused-ring (bicyclic) bond motifs is 1. The molecule has 0 saturated heterocycles. The maximum atomic E-state index is 10.9. The molecule has 1 aromatic heterocycles. The van der Waals surface area contributed by atoms with Gasteiger partial charge in [0.1, 0.15) is 0 Å². The van der Waals surface area contributed by atoms with E-state index in [0.717, 1.165) is 19.5 Å². The minimum atomic E-state index is -1.01. The lowest BCUT2D eigenvalue weighted by molar-refractivity contribution is 0.0698. The van der Waals surface area contributed by atoms with E-state index in [9.17, 15) is 4.79 Å². The van der Waals surface area contributed by atoms with Crippen LogP contribution in [0.25, 0.3) is 10.2 Å². The Hall–Kier alpha value is -2.05. The van der Waals surface area contributed by atoms with Gasteiger partial charge in [-0.05, 0) is 30.3 Å². The molecule has 0 amide bonds. The van der Waals surface area contributed by atoms with Gasteiger partial charge in [-0.2, -0.15) is 0 Å². The number of anilines is 1. The lowest BCUT2D eigenvalue weighted by Crippen LogP contribution is -2.01. The molecule has 3 N–H and O–H groups in total. The molecule has 6 heteroatoms. The fourth-order valence-electron chi connectivity index (χ4n) is 1.79. The Kier molecular flexibility index (Phi) is 3.33. The van der Waals surface area contributed by atoms with E-state index in [2.05, 4.69) is 4.98 Å². The van der Waals surface area contributed by atoms with Crippen molar-refractivity contribution in [3.63, 3.8) is 0 Å². The number of benzene rings is 2. The third kappa shape index (κ3) is 2.48. The van der Waals surface area contributed by atoms with Gasteiger partial charge < -0.3 is 10.8 Å². The fraction of sp³-hybridized carbons (Fsp3) is 0. The molecule has 0 unspecified atom stereocenters. The number of hydrogen-bond donors (Lipinski definition) is 2. The van der Waals surface area contributed by atoms with Crippen LogP contribution in [0.1, 0.15) is 10.4 Å². The first-order valence-electron chi connectivity index (χ1n) is 5.80. The summed E-state index contributed by atoms with van der Waals surface area (Å²) in [7, 11) is 0. The molecule has 0 aliphatic rings. The number of carboxylic acid groups (broad SMARTS) is 1. The van der Waals surface area contributed by atoms with E-state index in [0.29, 0.717) is 0 Å². The van der Waals surface area contributed by atoms with Gasteiger partial charge in [0.15, 0.2) is 4.34 Å². The Morgan fingerprint density at radius 1 is 1.25 bits per heavy atom. The van der Waals surface area contributed by atoms with Gasteiger partial charge in [0.05, 0.1) is 15.8 Å². The normalized spacial score (nSPS) is 10.8. The number of nitrogen functional groups attached to an aromatic ring is 1. The monoisotopic (exact) mass is 302 g/mol. The van der Waals surface area contributed by atoms with Crippen molar-refractivity contribution >= 4 is 45.0 Å². The van der Waals surface area contributed by atoms with Crippen LogP contribution in [0.2, 0.25) is 0 Å². The van der Waals surface area contributed by atoms with E-state index in [1.807, 2.05) is 24.3 Å². The van der Waals surface area contributed by atoms with Crippen molar-refractivity contribution in [1.29, 1.82) is 0 Å². The Morgan fingerprint density at radius 2 is 2.05 bits per heavy atom. The molecule has 0 spiro atoms. The zero-order valence-corrected chi connectivity index (χ0v) is 11.9. The Labute approximate surface area is 123 Å². The highest BCUT2D eigenvalue weighted by molar-refractivity contribution is 8.01. The Bertz CT molecular complexity index is 766. The highest BCUT2D eigenvalue weighted by atomic mass is 32.2. The van der Waals surface area contributed by atoms with Gasteiger partial charge in [-0.15, -0.1) is 11.3 Å². The second-order valence-electron chi connectivity index (χ2n) is 4.10. The first-order chi connectivity index (χ1) is 9.63. The molecule has 0 aliphatic heterocycles. The van der Waals surface area contributed by atoms with Gasteiger partial charge in [-0.1, -0.05) is 23.9 Å². The zero-order chi connectivity index (χ0) is 14.1. The molecule has 0 bridgehead atoms. The minimum absolute atomic E-state index is 0.124. The van der Waals surface area contributed by atoms with Crippen LogP contribution in [-0.2, 0) is 0 Å². The highest BCUT2D eigenvalue weighted by Crippen LogP contribution is 2.35. The highest BCUT2D eigenvalue weighted by Gasteiger charge is 2.10. The number of aromatic carboxylic acids is 1. The maximum absolute atomic E-state index is 10.9. The molecule has 0 saturated carbocycles. The molecule has 0 fully saturated rings. The van der Waals surface area contributed by atoms with Crippen molar-refractivity contribution in [2.75, 3.05) is 5.73 Å². The van der Waals surface area contributed by atoms with Crippen LogP contribution < -0.4 is 5.73 Å². The van der Waals surface area contributed by atoms with E-state index >= 15 is 0 Å². The summed E-state index contributed by atoms with van der Waals surface area (Å²) >= 11 is 3.09. The van der Waals surface area contributed by atoms with E-state index in [4.69, 9.17) is 10.8 Å². The first-order valence-corrected chi connectivity index (χ1v) is 7.43. The van der Waals surface area contributed by atoms with E-state index in [1.165, 1.54) is 17.8 Å². The molecule has 0 aliphatic carbocycles. The van der Waals surface area contributed by atoms with Gasteiger partial charge in [-0.3, -0.25) is 0 Å². The van der Waals surface area contributed by atoms with Crippen LogP contribution in [-0.4, -0.2) is 16.1 Å². The molecule has 2 aromatic carbocycles. The molecule has 3 rings (SSSR count). The average molecular weight is 302 g/mol. The Morgan fingerprint density at radius 3 is 2.75 bits per heavy atom. The molecule has 100 valence electrons. The molecule has 1 heterocycles. The van der Waals surface area contributed by atoms with Gasteiger partial charge in [0, 0.05) is 10.6 Å².